The van der Waals surface area contributed by atoms with E-state index in [1.807, 2.05) is 26.8 Å². The van der Waals surface area contributed by atoms with Crippen molar-refractivity contribution in [2.24, 2.45) is 11.8 Å². The average Bonchev–Trinajstić information content (AvgIpc) is 2.94. The maximum atomic E-state index is 12.4. The topological polar surface area (TPSA) is 74.8 Å². The van der Waals surface area contributed by atoms with Crippen LogP contribution in [0, 0.1) is 11.8 Å². The Morgan fingerprint density at radius 1 is 1.32 bits per heavy atom. The number of rotatable bonds is 3. The van der Waals surface area contributed by atoms with Crippen molar-refractivity contribution in [2.75, 3.05) is 25.0 Å². The van der Waals surface area contributed by atoms with E-state index < -0.39 is 11.7 Å². The highest BCUT2D eigenvalue weighted by Gasteiger charge is 2.29. The van der Waals surface area contributed by atoms with E-state index in [0.29, 0.717) is 30.5 Å². The number of aromatic nitrogens is 1. The Labute approximate surface area is 167 Å². The second-order valence-corrected chi connectivity index (χ2v) is 9.32. The summed E-state index contributed by atoms with van der Waals surface area (Å²) in [5, 5.41) is 2.88. The predicted molar refractivity (Wildman–Crippen MR) is 108 cm³/mol. The van der Waals surface area contributed by atoms with E-state index in [1.165, 1.54) is 11.3 Å². The van der Waals surface area contributed by atoms with Gasteiger partial charge in [-0.05, 0) is 45.1 Å². The number of ether oxygens (including phenoxy) is 1. The Morgan fingerprint density at radius 2 is 1.96 bits per heavy atom. The largest absolute Gasteiger partial charge is 0.444 e. The second kappa shape index (κ2) is 7.60. The van der Waals surface area contributed by atoms with E-state index in [4.69, 9.17) is 9.72 Å². The highest BCUT2D eigenvalue weighted by Crippen LogP contribution is 2.29. The summed E-state index contributed by atoms with van der Waals surface area (Å²) in [5.74, 6) is 1.92. The first-order valence-corrected chi connectivity index (χ1v) is 10.0. The molecule has 7 nitrogen and oxygen atoms in total. The standard InChI is InChI=1S/C21H32N4O3/c1-13-7-14(2)11-25(10-13)18-8-15-16(9-22-19(15)26)17(23-18)12-24(6)20(27)28-21(3,4)5/h8,13-14H,7,9-12H2,1-6H3,(H,22,26). The fraction of sp³-hybridized carbons (Fsp3) is 0.667. The molecule has 0 spiro atoms. The van der Waals surface area contributed by atoms with E-state index in [-0.39, 0.29) is 5.91 Å². The van der Waals surface area contributed by atoms with Gasteiger partial charge in [0, 0.05) is 37.8 Å². The minimum absolute atomic E-state index is 0.0714. The number of carbonyl (C=O) groups excluding carboxylic acids is 2. The molecule has 2 amide bonds. The lowest BCUT2D eigenvalue weighted by atomic mass is 9.92. The van der Waals surface area contributed by atoms with Gasteiger partial charge in [0.1, 0.15) is 11.4 Å². The summed E-state index contributed by atoms with van der Waals surface area (Å²) < 4.78 is 5.45. The molecular weight excluding hydrogens is 356 g/mol. The molecular formula is C21H32N4O3. The summed E-state index contributed by atoms with van der Waals surface area (Å²) in [6.45, 7) is 12.6. The lowest BCUT2D eigenvalue weighted by molar-refractivity contribution is 0.0282. The number of carbonyl (C=O) groups is 2. The van der Waals surface area contributed by atoms with Gasteiger partial charge in [0.2, 0.25) is 0 Å². The van der Waals surface area contributed by atoms with Crippen LogP contribution in [0.25, 0.3) is 0 Å². The van der Waals surface area contributed by atoms with Crippen molar-refractivity contribution in [2.45, 2.75) is 59.7 Å². The minimum atomic E-state index is -0.555. The maximum absolute atomic E-state index is 12.4. The van der Waals surface area contributed by atoms with Crippen LogP contribution in [0.3, 0.4) is 0 Å². The lowest BCUT2D eigenvalue weighted by Gasteiger charge is -2.36. The molecule has 0 aromatic carbocycles. The molecule has 2 aliphatic rings. The van der Waals surface area contributed by atoms with Gasteiger partial charge in [0.05, 0.1) is 12.2 Å². The smallest absolute Gasteiger partial charge is 0.410 e. The monoisotopic (exact) mass is 388 g/mol. The van der Waals surface area contributed by atoms with Gasteiger partial charge in [-0.15, -0.1) is 0 Å². The number of hydrogen-bond donors (Lipinski definition) is 1. The molecule has 2 aliphatic heterocycles. The van der Waals surface area contributed by atoms with Crippen LogP contribution in [-0.2, 0) is 17.8 Å². The van der Waals surface area contributed by atoms with Gasteiger partial charge in [-0.1, -0.05) is 13.8 Å². The van der Waals surface area contributed by atoms with E-state index in [0.717, 1.165) is 30.2 Å². The summed E-state index contributed by atoms with van der Waals surface area (Å²) in [7, 11) is 1.70. The molecule has 1 aromatic heterocycles. The fourth-order valence-corrected chi connectivity index (χ4v) is 4.05. The van der Waals surface area contributed by atoms with Crippen molar-refractivity contribution in [3.8, 4) is 0 Å². The molecule has 2 atom stereocenters. The number of hydrogen-bond acceptors (Lipinski definition) is 5. The quantitative estimate of drug-likeness (QED) is 0.861. The molecule has 0 radical (unpaired) electrons. The van der Waals surface area contributed by atoms with Gasteiger partial charge in [0.15, 0.2) is 0 Å². The molecule has 7 heteroatoms. The normalized spacial score (nSPS) is 21.9. The summed E-state index contributed by atoms with van der Waals surface area (Å²) in [4.78, 5) is 33.4. The van der Waals surface area contributed by atoms with Gasteiger partial charge in [0.25, 0.3) is 5.91 Å². The number of fused-ring (bicyclic) bond motifs is 1. The summed E-state index contributed by atoms with van der Waals surface area (Å²) >= 11 is 0. The Balaban J connectivity index is 1.88. The average molecular weight is 389 g/mol. The van der Waals surface area contributed by atoms with Crippen molar-refractivity contribution in [3.63, 3.8) is 0 Å². The predicted octanol–water partition coefficient (Wildman–Crippen LogP) is 3.17. The number of nitrogens with one attached hydrogen (secondary N) is 1. The van der Waals surface area contributed by atoms with Crippen LogP contribution in [0.4, 0.5) is 10.6 Å². The molecule has 1 aromatic rings. The van der Waals surface area contributed by atoms with E-state index in [2.05, 4.69) is 24.1 Å². The van der Waals surface area contributed by atoms with Crippen LogP contribution in [0.1, 0.15) is 62.7 Å². The molecule has 0 bridgehead atoms. The molecule has 1 N–H and O–H groups in total. The van der Waals surface area contributed by atoms with Crippen LogP contribution >= 0.6 is 0 Å². The van der Waals surface area contributed by atoms with Gasteiger partial charge < -0.3 is 19.9 Å². The van der Waals surface area contributed by atoms with E-state index in [1.54, 1.807) is 7.05 Å². The van der Waals surface area contributed by atoms with Crippen molar-refractivity contribution in [3.05, 3.63) is 22.9 Å². The zero-order valence-corrected chi connectivity index (χ0v) is 17.8. The molecule has 0 aliphatic carbocycles. The van der Waals surface area contributed by atoms with Crippen molar-refractivity contribution in [1.29, 1.82) is 0 Å². The summed E-state index contributed by atoms with van der Waals surface area (Å²) in [5.41, 5.74) is 1.75. The zero-order chi connectivity index (χ0) is 20.6. The SMILES string of the molecule is CC1CC(C)CN(c2cc3c(c(CN(C)C(=O)OC(C)(C)C)n2)CNC3=O)C1. The molecule has 3 heterocycles. The Morgan fingerprint density at radius 3 is 2.57 bits per heavy atom. The number of anilines is 1. The van der Waals surface area contributed by atoms with Gasteiger partial charge in [-0.25, -0.2) is 9.78 Å². The maximum Gasteiger partial charge on any atom is 0.410 e. The molecule has 154 valence electrons. The first kappa shape index (κ1) is 20.4. The number of piperidine rings is 1. The van der Waals surface area contributed by atoms with Crippen molar-refractivity contribution >= 4 is 17.8 Å². The molecule has 0 saturated carbocycles. The second-order valence-electron chi connectivity index (χ2n) is 9.32. The molecule has 1 fully saturated rings. The molecule has 1 saturated heterocycles. The van der Waals surface area contributed by atoms with Gasteiger partial charge in [-0.2, -0.15) is 0 Å². The van der Waals surface area contributed by atoms with Crippen molar-refractivity contribution in [1.82, 2.24) is 15.2 Å². The molecule has 3 rings (SSSR count). The molecule has 2 unspecified atom stereocenters. The zero-order valence-electron chi connectivity index (χ0n) is 17.8. The first-order valence-electron chi connectivity index (χ1n) is 10.0. The van der Waals surface area contributed by atoms with E-state index in [9.17, 15) is 9.59 Å². The molecule has 28 heavy (non-hydrogen) atoms. The highest BCUT2D eigenvalue weighted by atomic mass is 16.6. The highest BCUT2D eigenvalue weighted by molar-refractivity contribution is 5.99. The third-order valence-electron chi connectivity index (χ3n) is 5.15. The third kappa shape index (κ3) is 4.56. The first-order chi connectivity index (χ1) is 13.0. The summed E-state index contributed by atoms with van der Waals surface area (Å²) in [6.07, 6.45) is 0.807. The Bertz CT molecular complexity index is 762. The van der Waals surface area contributed by atoms with Crippen molar-refractivity contribution < 1.29 is 14.3 Å². The van der Waals surface area contributed by atoms with Crippen LogP contribution in [0.2, 0.25) is 0 Å². The van der Waals surface area contributed by atoms with Gasteiger partial charge in [-0.3, -0.25) is 4.79 Å². The fourth-order valence-electron chi connectivity index (χ4n) is 4.05. The van der Waals surface area contributed by atoms with Crippen LogP contribution in [-0.4, -0.2) is 47.6 Å². The Hall–Kier alpha value is -2.31. The number of nitrogens with zero attached hydrogens (tertiary/aromatic N) is 3. The van der Waals surface area contributed by atoms with Gasteiger partial charge >= 0.3 is 6.09 Å². The van der Waals surface area contributed by atoms with Crippen LogP contribution < -0.4 is 10.2 Å². The Kier molecular flexibility index (Phi) is 5.55. The van der Waals surface area contributed by atoms with Crippen LogP contribution in [0.15, 0.2) is 6.07 Å². The number of pyridine rings is 1. The lowest BCUT2D eigenvalue weighted by Crippen LogP contribution is -2.39. The summed E-state index contributed by atoms with van der Waals surface area (Å²) in [6, 6.07) is 1.90. The third-order valence-corrected chi connectivity index (χ3v) is 5.15. The van der Waals surface area contributed by atoms with E-state index >= 15 is 0 Å². The minimum Gasteiger partial charge on any atom is -0.444 e. The number of amides is 2. The van der Waals surface area contributed by atoms with Crippen LogP contribution in [0.5, 0.6) is 0 Å².